The number of halogens is 1. The van der Waals surface area contributed by atoms with Gasteiger partial charge in [0.05, 0.1) is 23.6 Å². The van der Waals surface area contributed by atoms with E-state index in [0.29, 0.717) is 40.0 Å². The molecule has 1 aromatic heterocycles. The molecule has 0 spiro atoms. The number of aromatic nitrogens is 2. The van der Waals surface area contributed by atoms with E-state index in [2.05, 4.69) is 5.32 Å². The number of methoxy groups -OCH3 is 1. The van der Waals surface area contributed by atoms with E-state index in [9.17, 15) is 4.79 Å². The summed E-state index contributed by atoms with van der Waals surface area (Å²) in [5.41, 5.74) is 3.45. The minimum Gasteiger partial charge on any atom is -0.496 e. The summed E-state index contributed by atoms with van der Waals surface area (Å²) in [4.78, 5) is 18.8. The van der Waals surface area contributed by atoms with E-state index in [0.717, 1.165) is 42.6 Å². The minimum absolute atomic E-state index is 0.0257. The number of hydrogen-bond acceptors (Lipinski definition) is 4. The van der Waals surface area contributed by atoms with Crippen molar-refractivity contribution in [2.75, 3.05) is 20.2 Å². The normalized spacial score (nSPS) is 16.1. The molecule has 168 valence electrons. The summed E-state index contributed by atoms with van der Waals surface area (Å²) < 4.78 is 7.44. The average Bonchev–Trinajstić information content (AvgIpc) is 2.86. The lowest BCUT2D eigenvalue weighted by molar-refractivity contribution is 0.334. The first kappa shape index (κ1) is 21.7. The second-order valence-corrected chi connectivity index (χ2v) is 8.94. The number of benzene rings is 3. The Hall–Kier alpha value is -3.15. The quantitative estimate of drug-likeness (QED) is 0.434. The van der Waals surface area contributed by atoms with Gasteiger partial charge in [0, 0.05) is 11.6 Å². The molecule has 0 bridgehead atoms. The van der Waals surface area contributed by atoms with Crippen molar-refractivity contribution in [3.63, 3.8) is 0 Å². The fraction of sp³-hybridized carbons (Fsp3) is 0.259. The third-order valence-corrected chi connectivity index (χ3v) is 6.57. The molecule has 5 nitrogen and oxygen atoms in total. The van der Waals surface area contributed by atoms with Gasteiger partial charge in [0.1, 0.15) is 11.6 Å². The third-order valence-electron chi connectivity index (χ3n) is 6.32. The van der Waals surface area contributed by atoms with Crippen LogP contribution in [-0.2, 0) is 6.54 Å². The molecular weight excluding hydrogens is 434 g/mol. The van der Waals surface area contributed by atoms with E-state index >= 15 is 0 Å². The molecule has 2 heterocycles. The highest BCUT2D eigenvalue weighted by Crippen LogP contribution is 2.31. The van der Waals surface area contributed by atoms with Crippen LogP contribution in [-0.4, -0.2) is 29.8 Å². The first-order valence-corrected chi connectivity index (χ1v) is 11.7. The number of fused-ring (bicyclic) bond motifs is 1. The largest absolute Gasteiger partial charge is 0.496 e. The molecule has 33 heavy (non-hydrogen) atoms. The standard InChI is InChI=1S/C27H26ClN3O2/c1-33-25-7-3-2-6-22(25)26-30-24-13-10-20(19-8-11-21(28)12-9-19)15-23(24)27(32)31(26)17-18-5-4-14-29-16-18/h2-3,6-13,15,18,29H,4-5,14,16-17H2,1H3. The van der Waals surface area contributed by atoms with Crippen LogP contribution in [0.5, 0.6) is 5.75 Å². The fourth-order valence-corrected chi connectivity index (χ4v) is 4.71. The third kappa shape index (κ3) is 4.39. The maximum Gasteiger partial charge on any atom is 0.261 e. The topological polar surface area (TPSA) is 56.1 Å². The van der Waals surface area contributed by atoms with Crippen LogP contribution in [0.15, 0.2) is 71.5 Å². The zero-order valence-electron chi connectivity index (χ0n) is 18.6. The Kier molecular flexibility index (Phi) is 6.16. The van der Waals surface area contributed by atoms with Crippen LogP contribution in [0.4, 0.5) is 0 Å². The van der Waals surface area contributed by atoms with E-state index < -0.39 is 0 Å². The smallest absolute Gasteiger partial charge is 0.261 e. The molecule has 4 aromatic rings. The van der Waals surface area contributed by atoms with Crippen LogP contribution >= 0.6 is 11.6 Å². The summed E-state index contributed by atoms with van der Waals surface area (Å²) in [5.74, 6) is 1.73. The van der Waals surface area contributed by atoms with Gasteiger partial charge in [-0.3, -0.25) is 9.36 Å². The van der Waals surface area contributed by atoms with Gasteiger partial charge in [-0.25, -0.2) is 4.98 Å². The van der Waals surface area contributed by atoms with Crippen LogP contribution in [0.1, 0.15) is 12.8 Å². The van der Waals surface area contributed by atoms with Crippen LogP contribution in [0.25, 0.3) is 33.4 Å². The Labute approximate surface area is 198 Å². The number of nitrogens with one attached hydrogen (secondary N) is 1. The Morgan fingerprint density at radius 3 is 2.64 bits per heavy atom. The number of hydrogen-bond donors (Lipinski definition) is 1. The molecular formula is C27H26ClN3O2. The molecule has 1 aliphatic rings. The van der Waals surface area contributed by atoms with E-state index in [-0.39, 0.29) is 5.56 Å². The average molecular weight is 460 g/mol. The van der Waals surface area contributed by atoms with Crippen molar-refractivity contribution < 1.29 is 4.74 Å². The SMILES string of the molecule is COc1ccccc1-c1nc2ccc(-c3ccc(Cl)cc3)cc2c(=O)n1CC1CCCNC1. The Morgan fingerprint density at radius 1 is 1.09 bits per heavy atom. The second kappa shape index (κ2) is 9.38. The molecule has 0 radical (unpaired) electrons. The predicted octanol–water partition coefficient (Wildman–Crippen LogP) is 5.39. The molecule has 1 fully saturated rings. The van der Waals surface area contributed by atoms with E-state index in [4.69, 9.17) is 21.3 Å². The molecule has 1 unspecified atom stereocenters. The summed E-state index contributed by atoms with van der Waals surface area (Å²) in [6, 6.07) is 21.3. The van der Waals surface area contributed by atoms with Crippen LogP contribution in [0.2, 0.25) is 5.02 Å². The molecule has 1 N–H and O–H groups in total. The van der Waals surface area contributed by atoms with Crippen molar-refractivity contribution in [3.8, 4) is 28.3 Å². The number of piperidine rings is 1. The van der Waals surface area contributed by atoms with E-state index in [1.165, 1.54) is 0 Å². The van der Waals surface area contributed by atoms with Crippen molar-refractivity contribution in [2.45, 2.75) is 19.4 Å². The monoisotopic (exact) mass is 459 g/mol. The number of rotatable bonds is 5. The lowest BCUT2D eigenvalue weighted by Gasteiger charge is -2.25. The molecule has 0 amide bonds. The molecule has 0 saturated carbocycles. The molecule has 1 saturated heterocycles. The highest BCUT2D eigenvalue weighted by Gasteiger charge is 2.21. The highest BCUT2D eigenvalue weighted by molar-refractivity contribution is 6.30. The number of ether oxygens (including phenoxy) is 1. The lowest BCUT2D eigenvalue weighted by Crippen LogP contribution is -2.35. The minimum atomic E-state index is -0.0257. The van der Waals surface area contributed by atoms with Crippen molar-refractivity contribution in [1.29, 1.82) is 0 Å². The second-order valence-electron chi connectivity index (χ2n) is 8.50. The van der Waals surface area contributed by atoms with Crippen molar-refractivity contribution in [1.82, 2.24) is 14.9 Å². The van der Waals surface area contributed by atoms with Gasteiger partial charge in [-0.05, 0) is 79.4 Å². The molecule has 6 heteroatoms. The van der Waals surface area contributed by atoms with E-state index in [1.54, 1.807) is 7.11 Å². The molecule has 1 aliphatic heterocycles. The molecule has 0 aliphatic carbocycles. The van der Waals surface area contributed by atoms with Crippen molar-refractivity contribution >= 4 is 22.5 Å². The number of para-hydroxylation sites is 1. The zero-order valence-corrected chi connectivity index (χ0v) is 19.3. The fourth-order valence-electron chi connectivity index (χ4n) is 4.59. The Balaban J connectivity index is 1.69. The number of nitrogens with zero attached hydrogens (tertiary/aromatic N) is 2. The summed E-state index contributed by atoms with van der Waals surface area (Å²) in [7, 11) is 1.64. The van der Waals surface area contributed by atoms with Gasteiger partial charge in [-0.2, -0.15) is 0 Å². The first-order valence-electron chi connectivity index (χ1n) is 11.3. The Morgan fingerprint density at radius 2 is 1.88 bits per heavy atom. The summed E-state index contributed by atoms with van der Waals surface area (Å²) in [5, 5.41) is 4.76. The zero-order chi connectivity index (χ0) is 22.8. The highest BCUT2D eigenvalue weighted by atomic mass is 35.5. The first-order chi connectivity index (χ1) is 16.1. The summed E-state index contributed by atoms with van der Waals surface area (Å²) in [6.07, 6.45) is 2.21. The lowest BCUT2D eigenvalue weighted by atomic mass is 9.99. The van der Waals surface area contributed by atoms with Crippen molar-refractivity contribution in [2.24, 2.45) is 5.92 Å². The van der Waals surface area contributed by atoms with Gasteiger partial charge in [0.25, 0.3) is 5.56 Å². The van der Waals surface area contributed by atoms with E-state index in [1.807, 2.05) is 71.3 Å². The van der Waals surface area contributed by atoms with Crippen molar-refractivity contribution in [3.05, 3.63) is 82.1 Å². The van der Waals surface area contributed by atoms with Gasteiger partial charge in [-0.1, -0.05) is 41.9 Å². The predicted molar refractivity (Wildman–Crippen MR) is 134 cm³/mol. The molecule has 3 aromatic carbocycles. The van der Waals surface area contributed by atoms with Gasteiger partial charge < -0.3 is 10.1 Å². The van der Waals surface area contributed by atoms with Gasteiger partial charge in [-0.15, -0.1) is 0 Å². The van der Waals surface area contributed by atoms with Crippen LogP contribution in [0.3, 0.4) is 0 Å². The molecule has 5 rings (SSSR count). The summed E-state index contributed by atoms with van der Waals surface area (Å²) >= 11 is 6.05. The van der Waals surface area contributed by atoms with Gasteiger partial charge in [0.15, 0.2) is 0 Å². The van der Waals surface area contributed by atoms with Gasteiger partial charge in [0.2, 0.25) is 0 Å². The Bertz CT molecular complexity index is 1340. The maximum atomic E-state index is 13.9. The van der Waals surface area contributed by atoms with Crippen LogP contribution < -0.4 is 15.6 Å². The maximum absolute atomic E-state index is 13.9. The van der Waals surface area contributed by atoms with Gasteiger partial charge >= 0.3 is 0 Å². The molecule has 1 atom stereocenters. The summed E-state index contributed by atoms with van der Waals surface area (Å²) in [6.45, 7) is 2.55. The van der Waals surface area contributed by atoms with Crippen LogP contribution in [0, 0.1) is 5.92 Å².